The van der Waals surface area contributed by atoms with Gasteiger partial charge in [-0.05, 0) is 37.5 Å². The lowest BCUT2D eigenvalue weighted by molar-refractivity contribution is -0.114. The molecule has 100 valence electrons. The zero-order valence-corrected chi connectivity index (χ0v) is 11.7. The lowest BCUT2D eigenvalue weighted by Gasteiger charge is -2.00. The van der Waals surface area contributed by atoms with E-state index < -0.39 is 0 Å². The third-order valence-corrected chi connectivity index (χ3v) is 4.08. The number of allylic oxidation sites excluding steroid dienone is 1. The van der Waals surface area contributed by atoms with Crippen molar-refractivity contribution < 1.29 is 9.90 Å². The van der Waals surface area contributed by atoms with E-state index in [-0.39, 0.29) is 12.4 Å². The van der Waals surface area contributed by atoms with Crippen LogP contribution in [0.5, 0.6) is 0 Å². The van der Waals surface area contributed by atoms with Gasteiger partial charge in [0.05, 0.1) is 6.61 Å². The van der Waals surface area contributed by atoms with Gasteiger partial charge in [0.15, 0.2) is 5.78 Å². The van der Waals surface area contributed by atoms with Crippen LogP contribution in [0.3, 0.4) is 0 Å². The van der Waals surface area contributed by atoms with Crippen molar-refractivity contribution in [2.24, 2.45) is 0 Å². The van der Waals surface area contributed by atoms with E-state index in [9.17, 15) is 4.79 Å². The second kappa shape index (κ2) is 9.06. The summed E-state index contributed by atoms with van der Waals surface area (Å²) in [5.41, 5.74) is 0. The van der Waals surface area contributed by atoms with Gasteiger partial charge >= 0.3 is 0 Å². The summed E-state index contributed by atoms with van der Waals surface area (Å²) in [4.78, 5) is 13.4. The van der Waals surface area contributed by atoms with Crippen LogP contribution in [-0.4, -0.2) is 10.9 Å². The largest absolute Gasteiger partial charge is 0.391 e. The van der Waals surface area contributed by atoms with Crippen molar-refractivity contribution in [3.8, 4) is 0 Å². The summed E-state index contributed by atoms with van der Waals surface area (Å²) in [5, 5.41) is 8.96. The summed E-state index contributed by atoms with van der Waals surface area (Å²) in [7, 11) is 0. The Balaban J connectivity index is 1.98. The molecule has 0 aliphatic carbocycles. The van der Waals surface area contributed by atoms with E-state index >= 15 is 0 Å². The van der Waals surface area contributed by atoms with Crippen LogP contribution in [0.25, 0.3) is 0 Å². The molecule has 0 aliphatic heterocycles. The molecule has 0 amide bonds. The summed E-state index contributed by atoms with van der Waals surface area (Å²) in [6.45, 7) is 3.62. The lowest BCUT2D eigenvalue weighted by atomic mass is 10.1. The number of aryl methyl sites for hydroxylation is 1. The second-order valence-corrected chi connectivity index (χ2v) is 5.72. The van der Waals surface area contributed by atoms with E-state index in [1.807, 2.05) is 6.07 Å². The Morgan fingerprint density at radius 3 is 2.50 bits per heavy atom. The van der Waals surface area contributed by atoms with Crippen molar-refractivity contribution in [3.63, 3.8) is 0 Å². The van der Waals surface area contributed by atoms with E-state index in [4.69, 9.17) is 5.11 Å². The van der Waals surface area contributed by atoms with Crippen molar-refractivity contribution in [1.29, 1.82) is 0 Å². The summed E-state index contributed by atoms with van der Waals surface area (Å²) < 4.78 is 0. The Morgan fingerprint density at radius 1 is 1.17 bits per heavy atom. The fourth-order valence-electron chi connectivity index (χ4n) is 1.87. The molecule has 0 bridgehead atoms. The van der Waals surface area contributed by atoms with Gasteiger partial charge in [-0.15, -0.1) is 11.3 Å². The van der Waals surface area contributed by atoms with E-state index in [1.165, 1.54) is 30.2 Å². The zero-order valence-electron chi connectivity index (χ0n) is 10.9. The Bertz CT molecular complexity index is 368. The smallest absolute Gasteiger partial charge is 0.155 e. The van der Waals surface area contributed by atoms with Crippen molar-refractivity contribution in [3.05, 3.63) is 34.5 Å². The van der Waals surface area contributed by atoms with Crippen LogP contribution in [0.1, 0.15) is 48.3 Å². The number of unbranched alkanes of at least 4 members (excludes halogenated alkanes) is 4. The van der Waals surface area contributed by atoms with Gasteiger partial charge in [0.25, 0.3) is 0 Å². The minimum Gasteiger partial charge on any atom is -0.391 e. The van der Waals surface area contributed by atoms with Gasteiger partial charge in [-0.3, -0.25) is 4.79 Å². The number of ketones is 1. The van der Waals surface area contributed by atoms with Crippen molar-refractivity contribution in [2.45, 2.75) is 51.6 Å². The molecule has 0 radical (unpaired) electrons. The molecule has 0 aromatic carbocycles. The topological polar surface area (TPSA) is 37.3 Å². The van der Waals surface area contributed by atoms with Crippen LogP contribution >= 0.6 is 11.3 Å². The van der Waals surface area contributed by atoms with Crippen LogP contribution in [-0.2, 0) is 17.8 Å². The van der Waals surface area contributed by atoms with Gasteiger partial charge in [0.1, 0.15) is 0 Å². The highest BCUT2D eigenvalue weighted by atomic mass is 32.1. The van der Waals surface area contributed by atoms with Crippen molar-refractivity contribution in [1.82, 2.24) is 0 Å². The molecule has 0 fully saturated rings. The first-order chi connectivity index (χ1) is 8.76. The quantitative estimate of drug-likeness (QED) is 0.515. The van der Waals surface area contributed by atoms with E-state index in [2.05, 4.69) is 12.6 Å². The number of thiophene rings is 1. The molecule has 0 aliphatic rings. The number of aliphatic hydroxyl groups is 1. The molecule has 0 saturated heterocycles. The average molecular weight is 266 g/mol. The molecule has 0 spiro atoms. The molecule has 1 rings (SSSR count). The summed E-state index contributed by atoms with van der Waals surface area (Å²) in [6.07, 6.45) is 8.89. The molecule has 1 aromatic rings. The van der Waals surface area contributed by atoms with Crippen LogP contribution in [0.4, 0.5) is 0 Å². The second-order valence-electron chi connectivity index (χ2n) is 4.46. The van der Waals surface area contributed by atoms with Gasteiger partial charge in [-0.25, -0.2) is 0 Å². The first kappa shape index (κ1) is 15.1. The molecule has 0 unspecified atom stereocenters. The predicted octanol–water partition coefficient (Wildman–Crippen LogP) is 3.88. The molecule has 0 atom stereocenters. The number of carbonyl (C=O) groups excluding carboxylic acids is 1. The van der Waals surface area contributed by atoms with Crippen molar-refractivity contribution in [2.75, 3.05) is 0 Å². The summed E-state index contributed by atoms with van der Waals surface area (Å²) >= 11 is 1.70. The normalized spacial score (nSPS) is 10.5. The Labute approximate surface area is 113 Å². The first-order valence-electron chi connectivity index (χ1n) is 6.60. The third kappa shape index (κ3) is 6.12. The van der Waals surface area contributed by atoms with Crippen LogP contribution in [0.15, 0.2) is 24.8 Å². The Kier molecular flexibility index (Phi) is 7.62. The van der Waals surface area contributed by atoms with Crippen LogP contribution < -0.4 is 0 Å². The molecule has 1 aromatic heterocycles. The lowest BCUT2D eigenvalue weighted by Crippen LogP contribution is -1.91. The maximum atomic E-state index is 11.0. The van der Waals surface area contributed by atoms with Gasteiger partial charge < -0.3 is 5.11 Å². The number of carbonyl (C=O) groups is 1. The molecule has 2 nitrogen and oxygen atoms in total. The standard InChI is InChI=1S/C15H22O2S/c1-2-13(17)8-6-4-3-5-7-9-14-10-11-15(12-16)18-14/h2,10-11,16H,1,3-9,12H2. The number of rotatable bonds is 10. The van der Waals surface area contributed by atoms with Crippen molar-refractivity contribution >= 4 is 17.1 Å². The van der Waals surface area contributed by atoms with Gasteiger partial charge in [0, 0.05) is 16.2 Å². The van der Waals surface area contributed by atoms with E-state index in [0.717, 1.165) is 24.1 Å². The monoisotopic (exact) mass is 266 g/mol. The molecule has 3 heteroatoms. The third-order valence-electron chi connectivity index (χ3n) is 2.95. The highest BCUT2D eigenvalue weighted by Gasteiger charge is 2.00. The fraction of sp³-hybridized carbons (Fsp3) is 0.533. The Morgan fingerprint density at radius 2 is 1.83 bits per heavy atom. The number of hydrogen-bond donors (Lipinski definition) is 1. The molecule has 18 heavy (non-hydrogen) atoms. The van der Waals surface area contributed by atoms with Crippen LogP contribution in [0.2, 0.25) is 0 Å². The maximum Gasteiger partial charge on any atom is 0.155 e. The number of aliphatic hydroxyl groups excluding tert-OH is 1. The van der Waals surface area contributed by atoms with E-state index in [0.29, 0.717) is 6.42 Å². The zero-order chi connectivity index (χ0) is 13.2. The van der Waals surface area contributed by atoms with Gasteiger partial charge in [0.2, 0.25) is 0 Å². The average Bonchev–Trinajstić information content (AvgIpc) is 2.85. The maximum absolute atomic E-state index is 11.0. The minimum atomic E-state index is 0.155. The molecule has 1 N–H and O–H groups in total. The highest BCUT2D eigenvalue weighted by Crippen LogP contribution is 2.19. The Hall–Kier alpha value is -0.930. The predicted molar refractivity (Wildman–Crippen MR) is 76.9 cm³/mol. The SMILES string of the molecule is C=CC(=O)CCCCCCCc1ccc(CO)s1. The minimum absolute atomic E-state index is 0.155. The molecule has 0 saturated carbocycles. The highest BCUT2D eigenvalue weighted by molar-refractivity contribution is 7.11. The van der Waals surface area contributed by atoms with Gasteiger partial charge in [-0.1, -0.05) is 25.8 Å². The fourth-order valence-corrected chi connectivity index (χ4v) is 2.79. The summed E-state index contributed by atoms with van der Waals surface area (Å²) in [5.74, 6) is 0.158. The number of hydrogen-bond acceptors (Lipinski definition) is 3. The van der Waals surface area contributed by atoms with Gasteiger partial charge in [-0.2, -0.15) is 0 Å². The molecular weight excluding hydrogens is 244 g/mol. The van der Waals surface area contributed by atoms with Crippen LogP contribution in [0, 0.1) is 0 Å². The molecular formula is C15H22O2S. The first-order valence-corrected chi connectivity index (χ1v) is 7.41. The van der Waals surface area contributed by atoms with E-state index in [1.54, 1.807) is 11.3 Å². The molecule has 1 heterocycles. The summed E-state index contributed by atoms with van der Waals surface area (Å²) in [6, 6.07) is 4.11.